The average molecular weight is 385 g/mol. The van der Waals surface area contributed by atoms with Crippen LogP contribution in [0.1, 0.15) is 52.4 Å². The Labute approximate surface area is 167 Å². The molecular weight excluding hydrogens is 352 g/mol. The second-order valence-electron chi connectivity index (χ2n) is 8.43. The summed E-state index contributed by atoms with van der Waals surface area (Å²) in [6.07, 6.45) is 11.4. The summed E-state index contributed by atoms with van der Waals surface area (Å²) < 4.78 is 5.77. The molecule has 28 heavy (non-hydrogen) atoms. The number of anilines is 1. The molecule has 1 saturated heterocycles. The lowest BCUT2D eigenvalue weighted by Crippen LogP contribution is -2.50. The van der Waals surface area contributed by atoms with Gasteiger partial charge in [-0.15, -0.1) is 0 Å². The zero-order valence-corrected chi connectivity index (χ0v) is 17.1. The maximum Gasteiger partial charge on any atom is 0.226 e. The molecule has 152 valence electrons. The van der Waals surface area contributed by atoms with Gasteiger partial charge in [0, 0.05) is 18.7 Å². The van der Waals surface area contributed by atoms with Gasteiger partial charge in [0.1, 0.15) is 12.3 Å². The lowest BCUT2D eigenvalue weighted by Gasteiger charge is -2.40. The van der Waals surface area contributed by atoms with E-state index in [9.17, 15) is 0 Å². The number of hydrogen-bond donors (Lipinski definition) is 1. The van der Waals surface area contributed by atoms with Gasteiger partial charge in [-0.25, -0.2) is 15.0 Å². The van der Waals surface area contributed by atoms with Gasteiger partial charge in [-0.3, -0.25) is 4.90 Å². The third-order valence-corrected chi connectivity index (χ3v) is 5.88. The van der Waals surface area contributed by atoms with Gasteiger partial charge in [0.25, 0.3) is 0 Å². The standard InChI is InChI=1S/C21H32N6O/c1-21(2)25-20(23-16-27(21)18-7-3-4-8-18)24-17-9-10-19(22-15-17)28-14-13-26-11-5-6-12-26/h9-10,15-16,18H,3-8,11-14H2,1-2H3,(H,24,25). The fraction of sp³-hybridized carbons (Fsp3) is 0.667. The van der Waals surface area contributed by atoms with E-state index in [0.717, 1.165) is 12.2 Å². The summed E-state index contributed by atoms with van der Waals surface area (Å²) >= 11 is 0. The molecule has 0 unspecified atom stereocenters. The number of aliphatic imine (C=N–C) groups is 2. The van der Waals surface area contributed by atoms with Crippen LogP contribution < -0.4 is 10.1 Å². The summed E-state index contributed by atoms with van der Waals surface area (Å²) in [5.41, 5.74) is 0.582. The van der Waals surface area contributed by atoms with Crippen molar-refractivity contribution in [2.45, 2.75) is 64.1 Å². The van der Waals surface area contributed by atoms with Crippen LogP contribution in [0.3, 0.4) is 0 Å². The molecule has 0 atom stereocenters. The molecule has 7 heteroatoms. The Morgan fingerprint density at radius 3 is 2.61 bits per heavy atom. The van der Waals surface area contributed by atoms with E-state index in [1.165, 1.54) is 51.6 Å². The molecule has 0 amide bonds. The Balaban J connectivity index is 1.29. The monoisotopic (exact) mass is 384 g/mol. The molecular formula is C21H32N6O. The van der Waals surface area contributed by atoms with E-state index in [0.29, 0.717) is 24.5 Å². The van der Waals surface area contributed by atoms with E-state index in [1.54, 1.807) is 6.20 Å². The van der Waals surface area contributed by atoms with Crippen LogP contribution in [0.5, 0.6) is 5.88 Å². The van der Waals surface area contributed by atoms with Crippen molar-refractivity contribution in [1.82, 2.24) is 14.8 Å². The quantitative estimate of drug-likeness (QED) is 0.815. The number of aromatic nitrogens is 1. The molecule has 1 aromatic rings. The number of nitrogens with one attached hydrogen (secondary N) is 1. The molecule has 1 saturated carbocycles. The van der Waals surface area contributed by atoms with Gasteiger partial charge < -0.3 is 15.0 Å². The molecule has 3 heterocycles. The van der Waals surface area contributed by atoms with Crippen LogP contribution in [0.2, 0.25) is 0 Å². The Morgan fingerprint density at radius 1 is 1.14 bits per heavy atom. The van der Waals surface area contributed by atoms with Gasteiger partial charge in [-0.2, -0.15) is 0 Å². The molecule has 0 bridgehead atoms. The summed E-state index contributed by atoms with van der Waals surface area (Å²) in [5, 5.41) is 3.27. The summed E-state index contributed by atoms with van der Waals surface area (Å²) in [7, 11) is 0. The Kier molecular flexibility index (Phi) is 5.80. The number of rotatable bonds is 6. The lowest BCUT2D eigenvalue weighted by molar-refractivity contribution is 0.171. The van der Waals surface area contributed by atoms with Crippen LogP contribution in [-0.2, 0) is 0 Å². The van der Waals surface area contributed by atoms with Crippen LogP contribution in [0.4, 0.5) is 5.69 Å². The fourth-order valence-electron chi connectivity index (χ4n) is 4.34. The van der Waals surface area contributed by atoms with E-state index in [-0.39, 0.29) is 5.66 Å². The second-order valence-corrected chi connectivity index (χ2v) is 8.43. The fourth-order valence-corrected chi connectivity index (χ4v) is 4.34. The van der Waals surface area contributed by atoms with Crippen LogP contribution in [0.25, 0.3) is 0 Å². The van der Waals surface area contributed by atoms with Gasteiger partial charge in [0.15, 0.2) is 0 Å². The topological polar surface area (TPSA) is 65.4 Å². The minimum Gasteiger partial charge on any atom is -0.476 e. The second kappa shape index (κ2) is 8.47. The van der Waals surface area contributed by atoms with E-state index >= 15 is 0 Å². The van der Waals surface area contributed by atoms with Gasteiger partial charge in [-0.05, 0) is 58.7 Å². The molecule has 0 spiro atoms. The first-order chi connectivity index (χ1) is 13.6. The van der Waals surface area contributed by atoms with E-state index in [4.69, 9.17) is 9.73 Å². The van der Waals surface area contributed by atoms with Crippen molar-refractivity contribution in [1.29, 1.82) is 0 Å². The third-order valence-electron chi connectivity index (χ3n) is 5.88. The average Bonchev–Trinajstić information content (AvgIpc) is 3.36. The van der Waals surface area contributed by atoms with E-state index in [2.05, 4.69) is 38.9 Å². The van der Waals surface area contributed by atoms with Crippen molar-refractivity contribution in [3.63, 3.8) is 0 Å². The number of ether oxygens (including phenoxy) is 1. The largest absolute Gasteiger partial charge is 0.476 e. The smallest absolute Gasteiger partial charge is 0.226 e. The number of hydrogen-bond acceptors (Lipinski definition) is 7. The van der Waals surface area contributed by atoms with Crippen molar-refractivity contribution in [2.24, 2.45) is 9.98 Å². The Morgan fingerprint density at radius 2 is 1.93 bits per heavy atom. The molecule has 1 aliphatic carbocycles. The van der Waals surface area contributed by atoms with Crippen molar-refractivity contribution >= 4 is 18.0 Å². The molecule has 4 rings (SSSR count). The number of likely N-dealkylation sites (tertiary alicyclic amines) is 1. The minimum atomic E-state index is -0.287. The van der Waals surface area contributed by atoms with Crippen molar-refractivity contribution < 1.29 is 4.74 Å². The van der Waals surface area contributed by atoms with Crippen LogP contribution in [-0.4, -0.2) is 65.0 Å². The highest BCUT2D eigenvalue weighted by molar-refractivity contribution is 5.99. The van der Waals surface area contributed by atoms with Crippen molar-refractivity contribution in [2.75, 3.05) is 31.6 Å². The zero-order chi connectivity index (χ0) is 19.4. The maximum atomic E-state index is 5.77. The summed E-state index contributed by atoms with van der Waals surface area (Å²) in [6, 6.07) is 4.42. The predicted molar refractivity (Wildman–Crippen MR) is 113 cm³/mol. The lowest BCUT2D eigenvalue weighted by atomic mass is 10.1. The Bertz CT molecular complexity index is 702. The molecule has 1 aromatic heterocycles. The highest BCUT2D eigenvalue weighted by Gasteiger charge is 2.34. The molecule has 1 N–H and O–H groups in total. The maximum absolute atomic E-state index is 5.77. The van der Waals surface area contributed by atoms with Gasteiger partial charge in [0.2, 0.25) is 11.8 Å². The predicted octanol–water partition coefficient (Wildman–Crippen LogP) is 3.35. The highest BCUT2D eigenvalue weighted by Crippen LogP contribution is 2.30. The van der Waals surface area contributed by atoms with Gasteiger partial charge in [0.05, 0.1) is 18.2 Å². The number of guanidine groups is 1. The van der Waals surface area contributed by atoms with Crippen molar-refractivity contribution in [3.05, 3.63) is 18.3 Å². The van der Waals surface area contributed by atoms with Crippen molar-refractivity contribution in [3.8, 4) is 5.88 Å². The van der Waals surface area contributed by atoms with Gasteiger partial charge in [-0.1, -0.05) is 12.8 Å². The first-order valence-electron chi connectivity index (χ1n) is 10.6. The highest BCUT2D eigenvalue weighted by atomic mass is 16.5. The van der Waals surface area contributed by atoms with Crippen LogP contribution >= 0.6 is 0 Å². The molecule has 0 radical (unpaired) electrons. The van der Waals surface area contributed by atoms with E-state index < -0.39 is 0 Å². The summed E-state index contributed by atoms with van der Waals surface area (Å²) in [4.78, 5) is 18.5. The molecule has 0 aromatic carbocycles. The Hall–Kier alpha value is -2.15. The third kappa shape index (κ3) is 4.63. The molecule has 7 nitrogen and oxygen atoms in total. The molecule has 2 aliphatic heterocycles. The number of pyridine rings is 1. The number of nitrogens with zero attached hydrogens (tertiary/aromatic N) is 5. The van der Waals surface area contributed by atoms with E-state index in [1.807, 2.05) is 18.5 Å². The first-order valence-corrected chi connectivity index (χ1v) is 10.6. The molecule has 2 fully saturated rings. The SMILES string of the molecule is CC1(C)N=C(Nc2ccc(OCCN3CCCC3)nc2)N=CN1C1CCCC1. The molecule has 3 aliphatic rings. The summed E-state index contributed by atoms with van der Waals surface area (Å²) in [5.74, 6) is 1.29. The zero-order valence-electron chi connectivity index (χ0n) is 17.1. The normalized spacial score (nSPS) is 22.5. The summed E-state index contributed by atoms with van der Waals surface area (Å²) in [6.45, 7) is 8.33. The van der Waals surface area contributed by atoms with Crippen LogP contribution in [0.15, 0.2) is 28.3 Å². The van der Waals surface area contributed by atoms with Crippen LogP contribution in [0, 0.1) is 0 Å². The minimum absolute atomic E-state index is 0.287. The first kappa shape index (κ1) is 19.2. The van der Waals surface area contributed by atoms with Gasteiger partial charge >= 0.3 is 0 Å².